The molecule has 1 heterocycles. The summed E-state index contributed by atoms with van der Waals surface area (Å²) in [6.45, 7) is 1.01. The highest BCUT2D eigenvalue weighted by atomic mass is 16.5. The molecule has 0 atom stereocenters. The number of carbonyl (C=O) groups is 1. The van der Waals surface area contributed by atoms with Gasteiger partial charge in [-0.2, -0.15) is 0 Å². The maximum absolute atomic E-state index is 10.7. The van der Waals surface area contributed by atoms with Crippen LogP contribution in [0.25, 0.3) is 0 Å². The van der Waals surface area contributed by atoms with Gasteiger partial charge in [-0.15, -0.1) is 0 Å². The van der Waals surface area contributed by atoms with Gasteiger partial charge in [0, 0.05) is 19.1 Å². The number of methoxy groups -OCH3 is 1. The van der Waals surface area contributed by atoms with Gasteiger partial charge in [-0.25, -0.2) is 4.79 Å². The van der Waals surface area contributed by atoms with Crippen molar-refractivity contribution in [3.63, 3.8) is 0 Å². The van der Waals surface area contributed by atoms with Gasteiger partial charge in [0.15, 0.2) is 0 Å². The molecule has 1 rings (SSSR count). The van der Waals surface area contributed by atoms with Gasteiger partial charge >= 0.3 is 5.97 Å². The second kappa shape index (κ2) is 3.37. The van der Waals surface area contributed by atoms with Crippen molar-refractivity contribution in [2.24, 2.45) is 0 Å². The van der Waals surface area contributed by atoms with Gasteiger partial charge in [0.25, 0.3) is 0 Å². The fourth-order valence-electron chi connectivity index (χ4n) is 0.810. The van der Waals surface area contributed by atoms with E-state index >= 15 is 0 Å². The van der Waals surface area contributed by atoms with Crippen LogP contribution in [0.15, 0.2) is 11.6 Å². The van der Waals surface area contributed by atoms with Crippen LogP contribution >= 0.6 is 0 Å². The Bertz CT molecular complexity index is 160. The normalized spacial score (nSPS) is 16.9. The van der Waals surface area contributed by atoms with Crippen LogP contribution in [-0.2, 0) is 14.3 Å². The van der Waals surface area contributed by atoms with E-state index in [1.54, 1.807) is 13.2 Å². The summed E-state index contributed by atoms with van der Waals surface area (Å²) < 4.78 is 9.48. The Hall–Kier alpha value is -0.830. The summed E-state index contributed by atoms with van der Waals surface area (Å²) in [7, 11) is 1.61. The predicted octanol–water partition coefficient (Wildman–Crippen LogP) is 0.506. The molecule has 1 aliphatic heterocycles. The maximum atomic E-state index is 10.7. The summed E-state index contributed by atoms with van der Waals surface area (Å²) >= 11 is 0. The van der Waals surface area contributed by atoms with Crippen LogP contribution < -0.4 is 0 Å². The molecule has 0 N–H and O–H groups in total. The minimum atomic E-state index is -0.197. The van der Waals surface area contributed by atoms with Gasteiger partial charge in [-0.3, -0.25) is 0 Å². The van der Waals surface area contributed by atoms with Crippen molar-refractivity contribution in [3.8, 4) is 0 Å². The Morgan fingerprint density at radius 3 is 3.10 bits per heavy atom. The Balaban J connectivity index is 2.33. The van der Waals surface area contributed by atoms with Crippen LogP contribution in [-0.4, -0.2) is 26.3 Å². The monoisotopic (exact) mass is 142 g/mol. The molecule has 0 aromatic carbocycles. The number of hydrogen-bond acceptors (Lipinski definition) is 3. The average molecular weight is 142 g/mol. The highest BCUT2D eigenvalue weighted by molar-refractivity contribution is 5.90. The molecule has 0 aromatic heterocycles. The van der Waals surface area contributed by atoms with E-state index in [0.29, 0.717) is 19.6 Å². The molecule has 0 saturated heterocycles. The molecule has 0 aromatic rings. The van der Waals surface area contributed by atoms with Crippen molar-refractivity contribution in [2.75, 3.05) is 20.3 Å². The van der Waals surface area contributed by atoms with Crippen molar-refractivity contribution < 1.29 is 14.3 Å². The Morgan fingerprint density at radius 1 is 1.80 bits per heavy atom. The van der Waals surface area contributed by atoms with Crippen LogP contribution in [0.1, 0.15) is 6.42 Å². The van der Waals surface area contributed by atoms with Crippen molar-refractivity contribution in [3.05, 3.63) is 11.6 Å². The zero-order valence-electron chi connectivity index (χ0n) is 5.92. The molecule has 0 fully saturated rings. The van der Waals surface area contributed by atoms with Crippen molar-refractivity contribution in [1.82, 2.24) is 0 Å². The van der Waals surface area contributed by atoms with Gasteiger partial charge in [-0.1, -0.05) is 0 Å². The van der Waals surface area contributed by atoms with Crippen molar-refractivity contribution in [2.45, 2.75) is 6.42 Å². The molecule has 0 amide bonds. The molecule has 1 aliphatic rings. The number of esters is 1. The third-order valence-electron chi connectivity index (χ3n) is 1.38. The van der Waals surface area contributed by atoms with Gasteiger partial charge < -0.3 is 9.47 Å². The molecule has 0 unspecified atom stereocenters. The standard InChI is InChI=1S/C7H10O3/c1-9-4-2-6-3-5-10-7(6)8/h3H,2,4-5H2,1H3. The Kier molecular flexibility index (Phi) is 2.45. The molecule has 10 heavy (non-hydrogen) atoms. The summed E-state index contributed by atoms with van der Waals surface area (Å²) in [5.74, 6) is -0.197. The minimum Gasteiger partial charge on any atom is -0.458 e. The average Bonchev–Trinajstić information content (AvgIpc) is 2.31. The summed E-state index contributed by atoms with van der Waals surface area (Å²) in [5.41, 5.74) is 0.738. The topological polar surface area (TPSA) is 35.5 Å². The van der Waals surface area contributed by atoms with Gasteiger partial charge in [0.1, 0.15) is 6.61 Å². The van der Waals surface area contributed by atoms with E-state index < -0.39 is 0 Å². The lowest BCUT2D eigenvalue weighted by Crippen LogP contribution is -2.01. The van der Waals surface area contributed by atoms with Crippen LogP contribution in [0.4, 0.5) is 0 Å². The zero-order valence-corrected chi connectivity index (χ0v) is 5.92. The van der Waals surface area contributed by atoms with E-state index in [4.69, 9.17) is 4.74 Å². The second-order valence-electron chi connectivity index (χ2n) is 2.07. The van der Waals surface area contributed by atoms with Crippen molar-refractivity contribution >= 4 is 5.97 Å². The lowest BCUT2D eigenvalue weighted by molar-refractivity contribution is -0.136. The quantitative estimate of drug-likeness (QED) is 0.538. The van der Waals surface area contributed by atoms with Crippen LogP contribution in [0.2, 0.25) is 0 Å². The lowest BCUT2D eigenvalue weighted by Gasteiger charge is -1.96. The molecule has 56 valence electrons. The smallest absolute Gasteiger partial charge is 0.334 e. The predicted molar refractivity (Wildman–Crippen MR) is 35.5 cm³/mol. The van der Waals surface area contributed by atoms with E-state index in [9.17, 15) is 4.79 Å². The van der Waals surface area contributed by atoms with E-state index in [1.807, 2.05) is 0 Å². The number of hydrogen-bond donors (Lipinski definition) is 0. The zero-order chi connectivity index (χ0) is 7.40. The summed E-state index contributed by atoms with van der Waals surface area (Å²) in [6, 6.07) is 0. The highest BCUT2D eigenvalue weighted by Crippen LogP contribution is 2.09. The Morgan fingerprint density at radius 2 is 2.60 bits per heavy atom. The molecular formula is C7H10O3. The molecule has 0 aliphatic carbocycles. The highest BCUT2D eigenvalue weighted by Gasteiger charge is 2.15. The van der Waals surface area contributed by atoms with E-state index in [-0.39, 0.29) is 5.97 Å². The lowest BCUT2D eigenvalue weighted by atomic mass is 10.2. The molecule has 3 heteroatoms. The van der Waals surface area contributed by atoms with Gasteiger partial charge in [0.05, 0.1) is 6.61 Å². The van der Waals surface area contributed by atoms with E-state index in [0.717, 1.165) is 5.57 Å². The fraction of sp³-hybridized carbons (Fsp3) is 0.571. The van der Waals surface area contributed by atoms with E-state index in [2.05, 4.69) is 4.74 Å². The first kappa shape index (κ1) is 7.28. The first-order chi connectivity index (χ1) is 4.84. The third kappa shape index (κ3) is 1.57. The molecule has 0 saturated carbocycles. The fourth-order valence-corrected chi connectivity index (χ4v) is 0.810. The van der Waals surface area contributed by atoms with Gasteiger partial charge in [-0.05, 0) is 6.08 Å². The molecule has 3 nitrogen and oxygen atoms in total. The largest absolute Gasteiger partial charge is 0.458 e. The van der Waals surface area contributed by atoms with Crippen LogP contribution in [0, 0.1) is 0 Å². The minimum absolute atomic E-state index is 0.197. The first-order valence-electron chi connectivity index (χ1n) is 3.19. The van der Waals surface area contributed by atoms with Crippen molar-refractivity contribution in [1.29, 1.82) is 0 Å². The summed E-state index contributed by atoms with van der Waals surface area (Å²) in [4.78, 5) is 10.7. The number of cyclic esters (lactones) is 1. The number of rotatable bonds is 3. The summed E-state index contributed by atoms with van der Waals surface area (Å²) in [6.07, 6.45) is 2.46. The molecule has 0 bridgehead atoms. The SMILES string of the molecule is COCCC1=CCOC1=O. The van der Waals surface area contributed by atoms with Crippen LogP contribution in [0.5, 0.6) is 0 Å². The maximum Gasteiger partial charge on any atom is 0.334 e. The van der Waals surface area contributed by atoms with E-state index in [1.165, 1.54) is 0 Å². The molecule has 0 radical (unpaired) electrons. The number of carbonyl (C=O) groups excluding carboxylic acids is 1. The first-order valence-corrected chi connectivity index (χ1v) is 3.19. The third-order valence-corrected chi connectivity index (χ3v) is 1.38. The van der Waals surface area contributed by atoms with Crippen LogP contribution in [0.3, 0.4) is 0 Å². The molecule has 0 spiro atoms. The molecular weight excluding hydrogens is 132 g/mol. The summed E-state index contributed by atoms with van der Waals surface area (Å²) in [5, 5.41) is 0. The Labute approximate surface area is 59.6 Å². The second-order valence-corrected chi connectivity index (χ2v) is 2.07. The van der Waals surface area contributed by atoms with Gasteiger partial charge in [0.2, 0.25) is 0 Å². The number of ether oxygens (including phenoxy) is 2.